The molecule has 1 aliphatic carbocycles. The first-order chi connectivity index (χ1) is 8.91. The molecule has 1 aromatic rings. The minimum atomic E-state index is 0.570. The Morgan fingerprint density at radius 2 is 1.42 bits per heavy atom. The van der Waals surface area contributed by atoms with Gasteiger partial charge in [0.15, 0.2) is 0 Å². The first kappa shape index (κ1) is 14.5. The van der Waals surface area contributed by atoms with Gasteiger partial charge < -0.3 is 5.73 Å². The zero-order chi connectivity index (χ0) is 14.2. The highest BCUT2D eigenvalue weighted by atomic mass is 35.5. The van der Waals surface area contributed by atoms with Gasteiger partial charge in [-0.2, -0.15) is 0 Å². The summed E-state index contributed by atoms with van der Waals surface area (Å²) >= 11 is 5.91. The summed E-state index contributed by atoms with van der Waals surface area (Å²) in [5.41, 5.74) is 8.20. The number of halogens is 1. The predicted molar refractivity (Wildman–Crippen MR) is 83.8 cm³/mol. The maximum Gasteiger partial charge on any atom is 0.0406 e. The summed E-state index contributed by atoms with van der Waals surface area (Å²) in [5.74, 6) is 3.47. The Morgan fingerprint density at radius 1 is 0.947 bits per heavy atom. The van der Waals surface area contributed by atoms with Gasteiger partial charge in [-0.3, -0.25) is 0 Å². The Balaban J connectivity index is 2.23. The van der Waals surface area contributed by atoms with Gasteiger partial charge >= 0.3 is 0 Å². The average Bonchev–Trinajstić information content (AvgIpc) is 2.57. The maximum absolute atomic E-state index is 6.26. The highest BCUT2D eigenvalue weighted by Crippen LogP contribution is 2.46. The summed E-state index contributed by atoms with van der Waals surface area (Å²) in [5, 5.41) is 0.751. The van der Waals surface area contributed by atoms with Crippen molar-refractivity contribution in [2.75, 3.05) is 0 Å². The van der Waals surface area contributed by atoms with Gasteiger partial charge in [-0.1, -0.05) is 57.5 Å². The lowest BCUT2D eigenvalue weighted by Gasteiger charge is -2.18. The Bertz CT molecular complexity index is 449. The number of allylic oxidation sites excluding steroid dienone is 1. The second-order valence-electron chi connectivity index (χ2n) is 6.14. The number of nitrogens with two attached hydrogens (primary N) is 1. The second kappa shape index (κ2) is 5.58. The zero-order valence-electron chi connectivity index (χ0n) is 12.2. The van der Waals surface area contributed by atoms with Gasteiger partial charge in [0.25, 0.3) is 0 Å². The molecule has 2 heteroatoms. The molecule has 104 valence electrons. The Kier molecular flexibility index (Phi) is 4.25. The van der Waals surface area contributed by atoms with Crippen molar-refractivity contribution in [2.24, 2.45) is 35.3 Å². The highest BCUT2D eigenvalue weighted by molar-refractivity contribution is 6.30. The molecule has 4 unspecified atom stereocenters. The molecule has 1 nitrogen and oxygen atoms in total. The number of hydrogen-bond acceptors (Lipinski definition) is 1. The number of hydrogen-bond donors (Lipinski definition) is 1. The van der Waals surface area contributed by atoms with Gasteiger partial charge in [-0.15, -0.1) is 0 Å². The van der Waals surface area contributed by atoms with Gasteiger partial charge in [-0.25, -0.2) is 0 Å². The van der Waals surface area contributed by atoms with Crippen LogP contribution in [0.5, 0.6) is 0 Å². The molecule has 1 aromatic carbocycles. The van der Waals surface area contributed by atoms with E-state index in [9.17, 15) is 0 Å². The summed E-state index contributed by atoms with van der Waals surface area (Å²) in [7, 11) is 0. The van der Waals surface area contributed by atoms with Gasteiger partial charge in [0.1, 0.15) is 0 Å². The molecule has 0 saturated heterocycles. The molecular weight excluding hydrogens is 254 g/mol. The van der Waals surface area contributed by atoms with Crippen LogP contribution in [0, 0.1) is 29.6 Å². The van der Waals surface area contributed by atoms with Crippen LogP contribution in [0.25, 0.3) is 5.70 Å². The van der Waals surface area contributed by atoms with Crippen molar-refractivity contribution in [1.82, 2.24) is 0 Å². The molecule has 2 N–H and O–H groups in total. The third-order valence-electron chi connectivity index (χ3n) is 5.25. The van der Waals surface area contributed by atoms with Crippen LogP contribution in [0.2, 0.25) is 5.02 Å². The van der Waals surface area contributed by atoms with E-state index in [4.69, 9.17) is 17.3 Å². The molecule has 19 heavy (non-hydrogen) atoms. The molecule has 0 radical (unpaired) electrons. The first-order valence-corrected chi connectivity index (χ1v) is 7.53. The monoisotopic (exact) mass is 277 g/mol. The predicted octanol–water partition coefficient (Wildman–Crippen LogP) is 4.81. The summed E-state index contributed by atoms with van der Waals surface area (Å²) in [6, 6.07) is 7.77. The van der Waals surface area contributed by atoms with Crippen molar-refractivity contribution in [3.05, 3.63) is 40.9 Å². The van der Waals surface area contributed by atoms with E-state index >= 15 is 0 Å². The Hall–Kier alpha value is -0.950. The van der Waals surface area contributed by atoms with E-state index in [1.807, 2.05) is 24.3 Å². The minimum Gasteiger partial charge on any atom is -0.398 e. The summed E-state index contributed by atoms with van der Waals surface area (Å²) in [6.07, 6.45) is 2.26. The molecule has 1 saturated carbocycles. The molecule has 1 fully saturated rings. The van der Waals surface area contributed by atoms with Gasteiger partial charge in [0.05, 0.1) is 0 Å². The molecule has 2 rings (SSSR count). The van der Waals surface area contributed by atoms with E-state index in [0.717, 1.165) is 28.1 Å². The van der Waals surface area contributed by atoms with Crippen LogP contribution < -0.4 is 5.73 Å². The molecule has 0 bridgehead atoms. The summed E-state index contributed by atoms with van der Waals surface area (Å²) in [4.78, 5) is 0. The summed E-state index contributed by atoms with van der Waals surface area (Å²) < 4.78 is 0. The molecule has 0 aliphatic heterocycles. The van der Waals surface area contributed by atoms with E-state index < -0.39 is 0 Å². The molecule has 0 aromatic heterocycles. The maximum atomic E-state index is 6.26. The van der Waals surface area contributed by atoms with E-state index in [1.165, 1.54) is 0 Å². The minimum absolute atomic E-state index is 0.570. The lowest BCUT2D eigenvalue weighted by Crippen LogP contribution is -2.12. The van der Waals surface area contributed by atoms with Crippen molar-refractivity contribution in [2.45, 2.75) is 27.7 Å². The first-order valence-electron chi connectivity index (χ1n) is 7.15. The highest BCUT2D eigenvalue weighted by Gasteiger charge is 2.40. The lowest BCUT2D eigenvalue weighted by atomic mass is 9.88. The molecule has 0 amide bonds. The lowest BCUT2D eigenvalue weighted by molar-refractivity contribution is 0.352. The van der Waals surface area contributed by atoms with Crippen molar-refractivity contribution >= 4 is 17.3 Å². The van der Waals surface area contributed by atoms with Crippen LogP contribution in [0.4, 0.5) is 0 Å². The van der Waals surface area contributed by atoms with Crippen LogP contribution >= 0.6 is 11.6 Å². The van der Waals surface area contributed by atoms with Crippen molar-refractivity contribution in [1.29, 1.82) is 0 Å². The molecule has 1 aliphatic rings. The van der Waals surface area contributed by atoms with Crippen LogP contribution in [-0.4, -0.2) is 0 Å². The number of rotatable bonds is 2. The van der Waals surface area contributed by atoms with Crippen molar-refractivity contribution in [3.8, 4) is 0 Å². The van der Waals surface area contributed by atoms with Crippen LogP contribution in [0.3, 0.4) is 0 Å². The molecule has 0 heterocycles. The zero-order valence-corrected chi connectivity index (χ0v) is 13.0. The quantitative estimate of drug-likeness (QED) is 0.824. The number of benzene rings is 1. The standard InChI is InChI=1S/C17H24ClN/c1-10-11(2)13(4)16(12(10)3)9-17(19)14-5-7-15(18)8-6-14/h5-13,16H,19H2,1-4H3/b17-9-. The van der Waals surface area contributed by atoms with Gasteiger partial charge in [0, 0.05) is 10.7 Å². The van der Waals surface area contributed by atoms with Gasteiger partial charge in [-0.05, 0) is 47.3 Å². The second-order valence-corrected chi connectivity index (χ2v) is 6.58. The van der Waals surface area contributed by atoms with E-state index in [-0.39, 0.29) is 0 Å². The molecular formula is C17H24ClN. The summed E-state index contributed by atoms with van der Waals surface area (Å²) in [6.45, 7) is 9.41. The van der Waals surface area contributed by atoms with Gasteiger partial charge in [0.2, 0.25) is 0 Å². The SMILES string of the molecule is CC1C(C)C(C)C(/C=C(\N)c2ccc(Cl)cc2)C1C. The molecule has 0 spiro atoms. The van der Waals surface area contributed by atoms with E-state index in [2.05, 4.69) is 33.8 Å². The van der Waals surface area contributed by atoms with Crippen molar-refractivity contribution < 1.29 is 0 Å². The third-order valence-corrected chi connectivity index (χ3v) is 5.50. The topological polar surface area (TPSA) is 26.0 Å². The van der Waals surface area contributed by atoms with Crippen LogP contribution in [-0.2, 0) is 0 Å². The normalized spacial score (nSPS) is 35.6. The third kappa shape index (κ3) is 2.81. The van der Waals surface area contributed by atoms with E-state index in [1.54, 1.807) is 0 Å². The fourth-order valence-electron chi connectivity index (χ4n) is 3.39. The fraction of sp³-hybridized carbons (Fsp3) is 0.529. The molecule has 4 atom stereocenters. The average molecular weight is 278 g/mol. The Morgan fingerprint density at radius 3 is 1.89 bits per heavy atom. The van der Waals surface area contributed by atoms with Crippen LogP contribution in [0.1, 0.15) is 33.3 Å². The van der Waals surface area contributed by atoms with E-state index in [0.29, 0.717) is 17.8 Å². The Labute approximate surface area is 121 Å². The van der Waals surface area contributed by atoms with Crippen LogP contribution in [0.15, 0.2) is 30.3 Å². The largest absolute Gasteiger partial charge is 0.398 e. The van der Waals surface area contributed by atoms with Crippen molar-refractivity contribution in [3.63, 3.8) is 0 Å². The fourth-order valence-corrected chi connectivity index (χ4v) is 3.51. The smallest absolute Gasteiger partial charge is 0.0406 e.